The first-order valence-electron chi connectivity index (χ1n) is 9.68. The van der Waals surface area contributed by atoms with Gasteiger partial charge in [-0.25, -0.2) is 4.79 Å². The lowest BCUT2D eigenvalue weighted by Gasteiger charge is -2.36. The largest absolute Gasteiger partial charge is 0.420 e. The van der Waals surface area contributed by atoms with Gasteiger partial charge in [-0.2, -0.15) is 0 Å². The van der Waals surface area contributed by atoms with E-state index in [9.17, 15) is 9.59 Å². The highest BCUT2D eigenvalue weighted by Crippen LogP contribution is 2.19. The maximum atomic E-state index is 12.3. The van der Waals surface area contributed by atoms with E-state index in [4.69, 9.17) is 16.0 Å². The van der Waals surface area contributed by atoms with Crippen LogP contribution in [0.2, 0.25) is 5.02 Å². The summed E-state index contributed by atoms with van der Waals surface area (Å²) in [5.41, 5.74) is 2.30. The maximum Gasteiger partial charge on any atom is 0.420 e. The van der Waals surface area contributed by atoms with Gasteiger partial charge in [0.2, 0.25) is 5.91 Å². The van der Waals surface area contributed by atoms with Crippen LogP contribution >= 0.6 is 11.6 Å². The van der Waals surface area contributed by atoms with Gasteiger partial charge in [0.1, 0.15) is 6.54 Å². The fourth-order valence-electron chi connectivity index (χ4n) is 3.60. The first-order chi connectivity index (χ1) is 14.1. The summed E-state index contributed by atoms with van der Waals surface area (Å²) in [6.07, 6.45) is 0. The summed E-state index contributed by atoms with van der Waals surface area (Å²) < 4.78 is 6.52. The Morgan fingerprint density at radius 3 is 2.52 bits per heavy atom. The van der Waals surface area contributed by atoms with Crippen LogP contribution in [0, 0.1) is 0 Å². The Morgan fingerprint density at radius 1 is 1.03 bits per heavy atom. The van der Waals surface area contributed by atoms with Crippen LogP contribution in [0.25, 0.3) is 11.1 Å². The summed E-state index contributed by atoms with van der Waals surface area (Å²) in [4.78, 5) is 28.9. The monoisotopic (exact) mass is 414 g/mol. The molecule has 4 rings (SSSR count). The van der Waals surface area contributed by atoms with Gasteiger partial charge in [-0.3, -0.25) is 14.3 Å². The smallest absolute Gasteiger partial charge is 0.408 e. The number of fused-ring (bicyclic) bond motifs is 1. The van der Waals surface area contributed by atoms with Crippen LogP contribution in [0.1, 0.15) is 0 Å². The number of hydrogen-bond donors (Lipinski definition) is 1. The average Bonchev–Trinajstić information content (AvgIpc) is 3.04. The van der Waals surface area contributed by atoms with Crippen LogP contribution < -0.4 is 16.0 Å². The van der Waals surface area contributed by atoms with E-state index in [1.807, 2.05) is 30.3 Å². The highest BCUT2D eigenvalue weighted by atomic mass is 35.5. The van der Waals surface area contributed by atoms with E-state index in [2.05, 4.69) is 15.1 Å². The minimum absolute atomic E-state index is 0.0415. The van der Waals surface area contributed by atoms with E-state index in [1.165, 1.54) is 10.3 Å². The lowest BCUT2D eigenvalue weighted by molar-refractivity contribution is -0.121. The number of carbonyl (C=O) groups is 1. The van der Waals surface area contributed by atoms with Gasteiger partial charge in [-0.15, -0.1) is 0 Å². The number of benzene rings is 2. The van der Waals surface area contributed by atoms with Crippen LogP contribution in [0.5, 0.6) is 0 Å². The molecule has 152 valence electrons. The number of piperazine rings is 1. The number of halogens is 1. The Hall–Kier alpha value is -2.77. The summed E-state index contributed by atoms with van der Waals surface area (Å²) in [5, 5.41) is 3.64. The number of amides is 1. The molecule has 2 aromatic carbocycles. The quantitative estimate of drug-likeness (QED) is 0.669. The number of nitrogens with zero attached hydrogens (tertiary/aromatic N) is 3. The third-order valence-electron chi connectivity index (χ3n) is 5.19. The van der Waals surface area contributed by atoms with E-state index in [0.29, 0.717) is 17.6 Å². The lowest BCUT2D eigenvalue weighted by atomic mass is 10.2. The highest BCUT2D eigenvalue weighted by Gasteiger charge is 2.17. The Bertz CT molecular complexity index is 1040. The van der Waals surface area contributed by atoms with Gasteiger partial charge < -0.3 is 14.6 Å². The van der Waals surface area contributed by atoms with Crippen molar-refractivity contribution in [1.29, 1.82) is 0 Å². The Balaban J connectivity index is 1.22. The minimum atomic E-state index is -0.514. The van der Waals surface area contributed by atoms with Gasteiger partial charge in [-0.05, 0) is 36.4 Å². The fourth-order valence-corrected chi connectivity index (χ4v) is 3.72. The standard InChI is InChI=1S/C21H23ClN4O3/c22-16-5-7-17(8-6-16)25-13-11-24(12-14-25)10-9-23-20(27)15-26-18-3-1-2-4-19(18)29-21(26)28/h1-8H,9-15H2,(H,23,27). The molecule has 7 nitrogen and oxygen atoms in total. The van der Waals surface area contributed by atoms with Crippen molar-refractivity contribution < 1.29 is 9.21 Å². The number of hydrogen-bond acceptors (Lipinski definition) is 5. The van der Waals surface area contributed by atoms with Gasteiger partial charge in [0.05, 0.1) is 5.52 Å². The van der Waals surface area contributed by atoms with Crippen molar-refractivity contribution in [2.75, 3.05) is 44.2 Å². The molecule has 1 aromatic heterocycles. The number of para-hydroxylation sites is 2. The second-order valence-corrected chi connectivity index (χ2v) is 7.51. The second kappa shape index (κ2) is 8.71. The van der Waals surface area contributed by atoms with E-state index in [-0.39, 0.29) is 12.5 Å². The van der Waals surface area contributed by atoms with Gasteiger partial charge in [0.15, 0.2) is 5.58 Å². The molecule has 1 amide bonds. The Kier molecular flexibility index (Phi) is 5.87. The molecule has 29 heavy (non-hydrogen) atoms. The van der Waals surface area contributed by atoms with Crippen molar-refractivity contribution in [3.8, 4) is 0 Å². The predicted octanol–water partition coefficient (Wildman–Crippen LogP) is 2.19. The molecule has 3 aromatic rings. The van der Waals surface area contributed by atoms with Crippen molar-refractivity contribution in [1.82, 2.24) is 14.8 Å². The maximum absolute atomic E-state index is 12.3. The number of anilines is 1. The summed E-state index contributed by atoms with van der Waals surface area (Å²) in [6.45, 7) is 5.03. The first kappa shape index (κ1) is 19.5. The molecule has 1 fully saturated rings. The molecule has 0 saturated carbocycles. The zero-order chi connectivity index (χ0) is 20.2. The molecule has 8 heteroatoms. The molecule has 1 aliphatic heterocycles. The van der Waals surface area contributed by atoms with Crippen molar-refractivity contribution in [2.45, 2.75) is 6.54 Å². The molecule has 0 aliphatic carbocycles. The van der Waals surface area contributed by atoms with E-state index < -0.39 is 5.76 Å². The second-order valence-electron chi connectivity index (χ2n) is 7.08. The van der Waals surface area contributed by atoms with E-state index in [1.54, 1.807) is 18.2 Å². The summed E-state index contributed by atoms with van der Waals surface area (Å²) >= 11 is 5.95. The minimum Gasteiger partial charge on any atom is -0.408 e. The number of oxazole rings is 1. The van der Waals surface area contributed by atoms with Crippen molar-refractivity contribution in [2.24, 2.45) is 0 Å². The number of nitrogens with one attached hydrogen (secondary N) is 1. The SMILES string of the molecule is O=C(Cn1c(=O)oc2ccccc21)NCCN1CCN(c2ccc(Cl)cc2)CC1. The number of aromatic nitrogens is 1. The van der Waals surface area contributed by atoms with Crippen molar-refractivity contribution >= 4 is 34.3 Å². The summed E-state index contributed by atoms with van der Waals surface area (Å²) in [5.74, 6) is -0.710. The average molecular weight is 415 g/mol. The van der Waals surface area contributed by atoms with Crippen molar-refractivity contribution in [3.05, 3.63) is 64.1 Å². The normalized spacial score (nSPS) is 15.0. The topological polar surface area (TPSA) is 70.7 Å². The lowest BCUT2D eigenvalue weighted by Crippen LogP contribution is -2.48. The molecule has 0 unspecified atom stereocenters. The zero-order valence-electron chi connectivity index (χ0n) is 16.0. The van der Waals surface area contributed by atoms with Crippen molar-refractivity contribution in [3.63, 3.8) is 0 Å². The first-order valence-corrected chi connectivity index (χ1v) is 10.1. The van der Waals surface area contributed by atoms with Crippen LogP contribution in [0.4, 0.5) is 5.69 Å². The molecule has 1 saturated heterocycles. The predicted molar refractivity (Wildman–Crippen MR) is 114 cm³/mol. The number of rotatable bonds is 6. The van der Waals surface area contributed by atoms with Crippen LogP contribution in [-0.4, -0.2) is 54.6 Å². The Labute approximate surface area is 173 Å². The van der Waals surface area contributed by atoms with Gasteiger partial charge >= 0.3 is 5.76 Å². The summed E-state index contributed by atoms with van der Waals surface area (Å²) in [6, 6.07) is 15.0. The summed E-state index contributed by atoms with van der Waals surface area (Å²) in [7, 11) is 0. The fraction of sp³-hybridized carbons (Fsp3) is 0.333. The molecule has 0 spiro atoms. The highest BCUT2D eigenvalue weighted by molar-refractivity contribution is 6.30. The molecule has 0 bridgehead atoms. The Morgan fingerprint density at radius 2 is 1.76 bits per heavy atom. The van der Waals surface area contributed by atoms with Gasteiger partial charge in [0, 0.05) is 50.0 Å². The van der Waals surface area contributed by atoms with E-state index in [0.717, 1.165) is 37.7 Å². The number of carbonyl (C=O) groups excluding carboxylic acids is 1. The van der Waals surface area contributed by atoms with E-state index >= 15 is 0 Å². The van der Waals surface area contributed by atoms with Gasteiger partial charge in [-0.1, -0.05) is 23.7 Å². The molecule has 1 aliphatic rings. The van der Waals surface area contributed by atoms with Crippen LogP contribution in [-0.2, 0) is 11.3 Å². The van der Waals surface area contributed by atoms with Crippen LogP contribution in [0.15, 0.2) is 57.7 Å². The molecule has 0 atom stereocenters. The third-order valence-corrected chi connectivity index (χ3v) is 5.44. The third kappa shape index (κ3) is 4.63. The van der Waals surface area contributed by atoms with Crippen LogP contribution in [0.3, 0.4) is 0 Å². The molecule has 1 N–H and O–H groups in total. The zero-order valence-corrected chi connectivity index (χ0v) is 16.8. The molecular formula is C21H23ClN4O3. The molecule has 2 heterocycles. The molecular weight excluding hydrogens is 392 g/mol. The van der Waals surface area contributed by atoms with Gasteiger partial charge in [0.25, 0.3) is 0 Å². The molecule has 0 radical (unpaired) electrons.